The monoisotopic (exact) mass is 254 g/mol. The molecule has 0 aliphatic heterocycles. The summed E-state index contributed by atoms with van der Waals surface area (Å²) in [4.78, 5) is 11.0. The molecule has 4 nitrogen and oxygen atoms in total. The van der Waals surface area contributed by atoms with E-state index < -0.39 is 11.8 Å². The number of aromatic carboxylic acids is 1. The minimum Gasteiger partial charge on any atom is -0.476 e. The van der Waals surface area contributed by atoms with Crippen molar-refractivity contribution < 1.29 is 14.3 Å². The number of carboxylic acids is 1. The van der Waals surface area contributed by atoms with Crippen molar-refractivity contribution in [2.24, 2.45) is 7.05 Å². The molecule has 0 saturated carbocycles. The molecule has 0 atom stereocenters. The maximum Gasteiger partial charge on any atom is 0.357 e. The van der Waals surface area contributed by atoms with E-state index in [0.29, 0.717) is 0 Å². The zero-order valence-corrected chi connectivity index (χ0v) is 9.57. The highest BCUT2D eigenvalue weighted by atomic mass is 35.5. The Kier molecular flexibility index (Phi) is 2.85. The molecule has 2 aromatic rings. The Bertz CT molecular complexity index is 595. The normalized spacial score (nSPS) is 10.5. The van der Waals surface area contributed by atoms with Gasteiger partial charge in [-0.1, -0.05) is 23.7 Å². The van der Waals surface area contributed by atoms with Crippen LogP contribution in [-0.2, 0) is 7.05 Å². The maximum absolute atomic E-state index is 13.8. The molecule has 0 bridgehead atoms. The zero-order chi connectivity index (χ0) is 12.6. The van der Waals surface area contributed by atoms with Gasteiger partial charge in [-0.2, -0.15) is 5.10 Å². The van der Waals surface area contributed by atoms with Gasteiger partial charge in [0.05, 0.1) is 5.02 Å². The second-order valence-electron chi connectivity index (χ2n) is 3.47. The SMILES string of the molecule is Cn1cc(-c2cccc(Cl)c2F)c(C(=O)O)n1. The molecule has 0 fully saturated rings. The van der Waals surface area contributed by atoms with Crippen molar-refractivity contribution in [3.8, 4) is 11.1 Å². The predicted octanol–water partition coefficient (Wildman–Crippen LogP) is 2.58. The van der Waals surface area contributed by atoms with Crippen LogP contribution >= 0.6 is 11.6 Å². The quantitative estimate of drug-likeness (QED) is 0.896. The van der Waals surface area contributed by atoms with E-state index in [1.165, 1.54) is 23.0 Å². The fourth-order valence-electron chi connectivity index (χ4n) is 1.56. The van der Waals surface area contributed by atoms with Crippen molar-refractivity contribution in [3.05, 3.63) is 40.9 Å². The van der Waals surface area contributed by atoms with Crippen molar-refractivity contribution >= 4 is 17.6 Å². The fourth-order valence-corrected chi connectivity index (χ4v) is 1.73. The van der Waals surface area contributed by atoms with Crippen LogP contribution in [0.4, 0.5) is 4.39 Å². The molecule has 2 rings (SSSR count). The number of nitrogens with zero attached hydrogens (tertiary/aromatic N) is 2. The van der Waals surface area contributed by atoms with Crippen LogP contribution in [0.15, 0.2) is 24.4 Å². The summed E-state index contributed by atoms with van der Waals surface area (Å²) in [7, 11) is 1.57. The number of hydrogen-bond donors (Lipinski definition) is 1. The molecule has 0 amide bonds. The third kappa shape index (κ3) is 2.01. The number of carboxylic acid groups (broad SMARTS) is 1. The van der Waals surface area contributed by atoms with E-state index in [0.717, 1.165) is 0 Å². The van der Waals surface area contributed by atoms with Crippen molar-refractivity contribution in [2.45, 2.75) is 0 Å². The van der Waals surface area contributed by atoms with Gasteiger partial charge in [0.15, 0.2) is 5.69 Å². The van der Waals surface area contributed by atoms with Gasteiger partial charge in [-0.05, 0) is 6.07 Å². The molecular weight excluding hydrogens is 247 g/mol. The van der Waals surface area contributed by atoms with E-state index in [-0.39, 0.29) is 21.8 Å². The van der Waals surface area contributed by atoms with Gasteiger partial charge in [0.2, 0.25) is 0 Å². The molecule has 0 radical (unpaired) electrons. The number of aryl methyl sites for hydroxylation is 1. The van der Waals surface area contributed by atoms with Gasteiger partial charge in [-0.3, -0.25) is 4.68 Å². The summed E-state index contributed by atoms with van der Waals surface area (Å²) in [5, 5.41) is 12.7. The van der Waals surface area contributed by atoms with Gasteiger partial charge >= 0.3 is 5.97 Å². The summed E-state index contributed by atoms with van der Waals surface area (Å²) >= 11 is 5.65. The van der Waals surface area contributed by atoms with Crippen LogP contribution in [-0.4, -0.2) is 20.9 Å². The second-order valence-corrected chi connectivity index (χ2v) is 3.88. The van der Waals surface area contributed by atoms with E-state index in [2.05, 4.69) is 5.10 Å². The standard InChI is InChI=1S/C11H8ClFN2O2/c1-15-5-7(10(14-15)11(16)17)6-3-2-4-8(12)9(6)13/h2-5H,1H3,(H,16,17). The largest absolute Gasteiger partial charge is 0.476 e. The van der Waals surface area contributed by atoms with E-state index >= 15 is 0 Å². The first-order valence-corrected chi connectivity index (χ1v) is 5.10. The number of hydrogen-bond acceptors (Lipinski definition) is 2. The lowest BCUT2D eigenvalue weighted by atomic mass is 10.1. The highest BCUT2D eigenvalue weighted by molar-refractivity contribution is 6.31. The third-order valence-corrected chi connectivity index (χ3v) is 2.57. The Hall–Kier alpha value is -1.88. The van der Waals surface area contributed by atoms with Crippen molar-refractivity contribution in [1.82, 2.24) is 9.78 Å². The van der Waals surface area contributed by atoms with Gasteiger partial charge < -0.3 is 5.11 Å². The third-order valence-electron chi connectivity index (χ3n) is 2.27. The van der Waals surface area contributed by atoms with Crippen molar-refractivity contribution in [3.63, 3.8) is 0 Å². The highest BCUT2D eigenvalue weighted by Crippen LogP contribution is 2.29. The fraction of sp³-hybridized carbons (Fsp3) is 0.0909. The first-order chi connectivity index (χ1) is 8.00. The Morgan fingerprint density at radius 3 is 2.82 bits per heavy atom. The number of aromatic nitrogens is 2. The number of carbonyl (C=O) groups is 1. The number of benzene rings is 1. The Labute approximate surface area is 101 Å². The summed E-state index contributed by atoms with van der Waals surface area (Å²) in [5.74, 6) is -1.86. The molecule has 0 spiro atoms. The summed E-state index contributed by atoms with van der Waals surface area (Å²) in [6, 6.07) is 4.42. The molecule has 1 aromatic carbocycles. The topological polar surface area (TPSA) is 55.1 Å². The van der Waals surface area contributed by atoms with E-state index in [9.17, 15) is 9.18 Å². The van der Waals surface area contributed by atoms with Gasteiger partial charge in [0, 0.05) is 24.4 Å². The minimum absolute atomic E-state index is 0.0531. The first-order valence-electron chi connectivity index (χ1n) is 4.72. The van der Waals surface area contributed by atoms with Gasteiger partial charge in [-0.15, -0.1) is 0 Å². The van der Waals surface area contributed by atoms with E-state index in [4.69, 9.17) is 16.7 Å². The lowest BCUT2D eigenvalue weighted by Gasteiger charge is -2.02. The summed E-state index contributed by atoms with van der Waals surface area (Å²) in [5.41, 5.74) is 0.136. The lowest BCUT2D eigenvalue weighted by Crippen LogP contribution is -2.01. The zero-order valence-electron chi connectivity index (χ0n) is 8.82. The van der Waals surface area contributed by atoms with Crippen LogP contribution in [0.25, 0.3) is 11.1 Å². The molecule has 0 aliphatic carbocycles. The van der Waals surface area contributed by atoms with E-state index in [1.54, 1.807) is 13.1 Å². The summed E-state index contributed by atoms with van der Waals surface area (Å²) < 4.78 is 15.1. The Balaban J connectivity index is 2.68. The molecule has 0 unspecified atom stereocenters. The first kappa shape index (κ1) is 11.6. The second kappa shape index (κ2) is 4.18. The Morgan fingerprint density at radius 2 is 2.18 bits per heavy atom. The van der Waals surface area contributed by atoms with Gasteiger partial charge in [0.1, 0.15) is 5.82 Å². The molecule has 0 aliphatic rings. The van der Waals surface area contributed by atoms with Crippen LogP contribution < -0.4 is 0 Å². The molecule has 1 aromatic heterocycles. The van der Waals surface area contributed by atoms with Crippen LogP contribution in [0.2, 0.25) is 5.02 Å². The van der Waals surface area contributed by atoms with Crippen LogP contribution in [0, 0.1) is 5.82 Å². The molecule has 17 heavy (non-hydrogen) atoms. The lowest BCUT2D eigenvalue weighted by molar-refractivity contribution is 0.0690. The Morgan fingerprint density at radius 1 is 1.47 bits per heavy atom. The van der Waals surface area contributed by atoms with Crippen LogP contribution in [0.1, 0.15) is 10.5 Å². The average Bonchev–Trinajstić information content (AvgIpc) is 2.64. The predicted molar refractivity (Wildman–Crippen MR) is 60.6 cm³/mol. The molecule has 1 N–H and O–H groups in total. The summed E-state index contributed by atoms with van der Waals surface area (Å²) in [6.45, 7) is 0. The molecule has 0 saturated heterocycles. The average molecular weight is 255 g/mol. The van der Waals surface area contributed by atoms with Crippen molar-refractivity contribution in [2.75, 3.05) is 0 Å². The molecular formula is C11H8ClFN2O2. The summed E-state index contributed by atoms with van der Waals surface area (Å²) in [6.07, 6.45) is 1.44. The smallest absolute Gasteiger partial charge is 0.357 e. The molecule has 1 heterocycles. The van der Waals surface area contributed by atoms with Crippen molar-refractivity contribution in [1.29, 1.82) is 0 Å². The maximum atomic E-state index is 13.8. The van der Waals surface area contributed by atoms with Gasteiger partial charge in [0.25, 0.3) is 0 Å². The number of rotatable bonds is 2. The van der Waals surface area contributed by atoms with Gasteiger partial charge in [-0.25, -0.2) is 9.18 Å². The van der Waals surface area contributed by atoms with Crippen LogP contribution in [0.5, 0.6) is 0 Å². The molecule has 6 heteroatoms. The highest BCUT2D eigenvalue weighted by Gasteiger charge is 2.19. The van der Waals surface area contributed by atoms with E-state index in [1.807, 2.05) is 0 Å². The minimum atomic E-state index is -1.21. The molecule has 88 valence electrons. The number of halogens is 2. The van der Waals surface area contributed by atoms with Crippen LogP contribution in [0.3, 0.4) is 0 Å².